The Morgan fingerprint density at radius 3 is 1.62 bits per heavy atom. The second kappa shape index (κ2) is 5.63. The quantitative estimate of drug-likeness (QED) is 0.533. The van der Waals surface area contributed by atoms with Crippen LogP contribution in [0.4, 0.5) is 0 Å². The highest BCUT2D eigenvalue weighted by Gasteiger charge is 2.41. The standard InChI is InChI=1S/C24H24/c1-17(2)23-19-13-7-9-15-21(19)24(3,18-11-5-4-6-12-18)22-16-10-8-14-20(22)23/h4-17,23H,1-3H3. The Labute approximate surface area is 145 Å². The van der Waals surface area contributed by atoms with E-state index >= 15 is 0 Å². The molecule has 1 aliphatic rings. The molecule has 4 rings (SSSR count). The Kier molecular flexibility index (Phi) is 3.57. The number of fused-ring (bicyclic) bond motifs is 2. The Balaban J connectivity index is 2.09. The third-order valence-corrected chi connectivity index (χ3v) is 5.69. The molecule has 0 heterocycles. The maximum Gasteiger partial charge on any atom is 0.0429 e. The molecule has 1 aliphatic carbocycles. The van der Waals surface area contributed by atoms with Gasteiger partial charge in [0.25, 0.3) is 0 Å². The molecule has 0 amide bonds. The number of hydrogen-bond acceptors (Lipinski definition) is 0. The Morgan fingerprint density at radius 1 is 0.667 bits per heavy atom. The van der Waals surface area contributed by atoms with Crippen LogP contribution in [-0.4, -0.2) is 0 Å². The van der Waals surface area contributed by atoms with Crippen LogP contribution in [-0.2, 0) is 5.41 Å². The minimum absolute atomic E-state index is 0.0974. The largest absolute Gasteiger partial charge is 0.0622 e. The van der Waals surface area contributed by atoms with Crippen LogP contribution < -0.4 is 0 Å². The molecule has 0 saturated heterocycles. The van der Waals surface area contributed by atoms with Crippen molar-refractivity contribution >= 4 is 0 Å². The van der Waals surface area contributed by atoms with Crippen molar-refractivity contribution in [3.8, 4) is 0 Å². The van der Waals surface area contributed by atoms with Gasteiger partial charge in [-0.3, -0.25) is 0 Å². The van der Waals surface area contributed by atoms with Crippen LogP contribution in [0.5, 0.6) is 0 Å². The van der Waals surface area contributed by atoms with Crippen molar-refractivity contribution in [3.63, 3.8) is 0 Å². The van der Waals surface area contributed by atoms with Gasteiger partial charge in [-0.15, -0.1) is 0 Å². The summed E-state index contributed by atoms with van der Waals surface area (Å²) < 4.78 is 0. The highest BCUT2D eigenvalue weighted by molar-refractivity contribution is 5.61. The zero-order valence-corrected chi connectivity index (χ0v) is 14.7. The van der Waals surface area contributed by atoms with Gasteiger partial charge in [0.1, 0.15) is 0 Å². The molecule has 0 fully saturated rings. The highest BCUT2D eigenvalue weighted by Crippen LogP contribution is 2.51. The fraction of sp³-hybridized carbons (Fsp3) is 0.250. The van der Waals surface area contributed by atoms with Gasteiger partial charge in [0.05, 0.1) is 0 Å². The van der Waals surface area contributed by atoms with E-state index in [-0.39, 0.29) is 5.41 Å². The van der Waals surface area contributed by atoms with E-state index in [2.05, 4.69) is 99.6 Å². The molecule has 3 aromatic carbocycles. The molecule has 0 aromatic heterocycles. The van der Waals surface area contributed by atoms with Gasteiger partial charge in [0.2, 0.25) is 0 Å². The smallest absolute Gasteiger partial charge is 0.0429 e. The van der Waals surface area contributed by atoms with Crippen molar-refractivity contribution in [2.24, 2.45) is 5.92 Å². The number of benzene rings is 3. The topological polar surface area (TPSA) is 0 Å². The number of rotatable bonds is 2. The molecular formula is C24H24. The zero-order chi connectivity index (χ0) is 16.7. The summed E-state index contributed by atoms with van der Waals surface area (Å²) in [7, 11) is 0. The van der Waals surface area contributed by atoms with Crippen LogP contribution in [0.1, 0.15) is 54.5 Å². The summed E-state index contributed by atoms with van der Waals surface area (Å²) in [6.07, 6.45) is 0. The van der Waals surface area contributed by atoms with Gasteiger partial charge in [-0.1, -0.05) is 92.7 Å². The lowest BCUT2D eigenvalue weighted by Crippen LogP contribution is -2.34. The average molecular weight is 312 g/mol. The van der Waals surface area contributed by atoms with Crippen LogP contribution in [0.15, 0.2) is 78.9 Å². The summed E-state index contributed by atoms with van der Waals surface area (Å²) in [5.74, 6) is 1.04. The van der Waals surface area contributed by atoms with E-state index in [0.717, 1.165) is 0 Å². The van der Waals surface area contributed by atoms with Crippen molar-refractivity contribution in [3.05, 3.63) is 107 Å². The molecule has 120 valence electrons. The number of hydrogen-bond donors (Lipinski definition) is 0. The Morgan fingerprint density at radius 2 is 1.12 bits per heavy atom. The average Bonchev–Trinajstić information content (AvgIpc) is 2.62. The van der Waals surface area contributed by atoms with E-state index in [1.807, 2.05) is 0 Å². The normalized spacial score (nSPS) is 22.1. The van der Waals surface area contributed by atoms with Gasteiger partial charge in [0.15, 0.2) is 0 Å². The molecule has 0 atom stereocenters. The van der Waals surface area contributed by atoms with Crippen molar-refractivity contribution in [1.29, 1.82) is 0 Å². The first kappa shape index (κ1) is 15.2. The zero-order valence-electron chi connectivity index (χ0n) is 14.7. The van der Waals surface area contributed by atoms with Crippen LogP contribution in [0.2, 0.25) is 0 Å². The van der Waals surface area contributed by atoms with Crippen LogP contribution in [0.3, 0.4) is 0 Å². The van der Waals surface area contributed by atoms with Crippen LogP contribution in [0, 0.1) is 5.92 Å². The van der Waals surface area contributed by atoms with Gasteiger partial charge < -0.3 is 0 Å². The summed E-state index contributed by atoms with van der Waals surface area (Å²) in [4.78, 5) is 0. The van der Waals surface area contributed by atoms with E-state index in [9.17, 15) is 0 Å². The third-order valence-electron chi connectivity index (χ3n) is 5.69. The lowest BCUT2D eigenvalue weighted by atomic mass is 9.60. The molecule has 0 heteroatoms. The maximum absolute atomic E-state index is 2.39. The van der Waals surface area contributed by atoms with E-state index in [1.54, 1.807) is 0 Å². The first-order chi connectivity index (χ1) is 11.6. The molecule has 0 radical (unpaired) electrons. The summed E-state index contributed by atoms with van der Waals surface area (Å²) in [5.41, 5.74) is 7.14. The fourth-order valence-corrected chi connectivity index (χ4v) is 4.56. The lowest BCUT2D eigenvalue weighted by Gasteiger charge is -2.43. The molecule has 0 saturated carbocycles. The first-order valence-electron chi connectivity index (χ1n) is 8.88. The molecule has 3 aromatic rings. The van der Waals surface area contributed by atoms with Crippen LogP contribution >= 0.6 is 0 Å². The van der Waals surface area contributed by atoms with Gasteiger partial charge in [-0.25, -0.2) is 0 Å². The molecule has 0 spiro atoms. The second-order valence-electron chi connectivity index (χ2n) is 7.39. The lowest BCUT2D eigenvalue weighted by molar-refractivity contribution is 0.516. The van der Waals surface area contributed by atoms with Gasteiger partial charge >= 0.3 is 0 Å². The maximum atomic E-state index is 2.39. The fourth-order valence-electron chi connectivity index (χ4n) is 4.56. The Bertz CT molecular complexity index is 810. The first-order valence-corrected chi connectivity index (χ1v) is 8.88. The van der Waals surface area contributed by atoms with Gasteiger partial charge in [-0.2, -0.15) is 0 Å². The molecule has 24 heavy (non-hydrogen) atoms. The van der Waals surface area contributed by atoms with Gasteiger partial charge in [0, 0.05) is 11.3 Å². The van der Waals surface area contributed by atoms with Crippen molar-refractivity contribution in [1.82, 2.24) is 0 Å². The van der Waals surface area contributed by atoms with Crippen molar-refractivity contribution < 1.29 is 0 Å². The van der Waals surface area contributed by atoms with Crippen molar-refractivity contribution in [2.75, 3.05) is 0 Å². The SMILES string of the molecule is CC(C)C1c2ccccc2C(C)(c2ccccc2)c2ccccc21. The highest BCUT2D eigenvalue weighted by atomic mass is 14.4. The monoisotopic (exact) mass is 312 g/mol. The summed E-state index contributed by atoms with van der Waals surface area (Å²) in [5, 5.41) is 0. The Hall–Kier alpha value is -2.34. The van der Waals surface area contributed by atoms with E-state index in [0.29, 0.717) is 11.8 Å². The molecule has 0 aliphatic heterocycles. The van der Waals surface area contributed by atoms with E-state index in [1.165, 1.54) is 27.8 Å². The minimum Gasteiger partial charge on any atom is -0.0622 e. The summed E-state index contributed by atoms with van der Waals surface area (Å²) in [6, 6.07) is 29.0. The second-order valence-corrected chi connectivity index (χ2v) is 7.39. The van der Waals surface area contributed by atoms with Gasteiger partial charge in [-0.05, 0) is 40.7 Å². The molecular weight excluding hydrogens is 288 g/mol. The van der Waals surface area contributed by atoms with Crippen molar-refractivity contribution in [2.45, 2.75) is 32.1 Å². The minimum atomic E-state index is -0.0974. The molecule has 0 N–H and O–H groups in total. The van der Waals surface area contributed by atoms with Crippen LogP contribution in [0.25, 0.3) is 0 Å². The third kappa shape index (κ3) is 2.06. The summed E-state index contributed by atoms with van der Waals surface area (Å²) in [6.45, 7) is 7.06. The molecule has 0 nitrogen and oxygen atoms in total. The predicted molar refractivity (Wildman–Crippen MR) is 102 cm³/mol. The molecule has 0 bridgehead atoms. The predicted octanol–water partition coefficient (Wildman–Crippen LogP) is 6.14. The summed E-state index contributed by atoms with van der Waals surface area (Å²) >= 11 is 0. The van der Waals surface area contributed by atoms with E-state index in [4.69, 9.17) is 0 Å². The van der Waals surface area contributed by atoms with E-state index < -0.39 is 0 Å². The molecule has 0 unspecified atom stereocenters.